The lowest BCUT2D eigenvalue weighted by Crippen LogP contribution is -2.30. The van der Waals surface area contributed by atoms with E-state index in [0.29, 0.717) is 47.6 Å². The summed E-state index contributed by atoms with van der Waals surface area (Å²) in [6.45, 7) is 6.67. The number of nitrogens with one attached hydrogen (secondary N) is 2. The number of aromatic nitrogens is 3. The van der Waals surface area contributed by atoms with Gasteiger partial charge in [-0.1, -0.05) is 0 Å². The van der Waals surface area contributed by atoms with E-state index in [9.17, 15) is 19.3 Å². The molecule has 3 unspecified atom stereocenters. The zero-order valence-electron chi connectivity index (χ0n) is 24.2. The number of ether oxygens (including phenoxy) is 3. The third kappa shape index (κ3) is 9.91. The fourth-order valence-electron chi connectivity index (χ4n) is 3.84. The van der Waals surface area contributed by atoms with Gasteiger partial charge in [-0.2, -0.15) is 0 Å². The van der Waals surface area contributed by atoms with Crippen molar-refractivity contribution in [2.24, 2.45) is 0 Å². The molecule has 0 aliphatic heterocycles. The number of carbonyl (C=O) groups is 2. The Bertz CT molecular complexity index is 1420. The summed E-state index contributed by atoms with van der Waals surface area (Å²) in [5.41, 5.74) is 2.03. The summed E-state index contributed by atoms with van der Waals surface area (Å²) in [5.74, 6) is -0.000743. The van der Waals surface area contributed by atoms with Crippen LogP contribution in [0.1, 0.15) is 40.5 Å². The Labute approximate surface area is 243 Å². The third-order valence-corrected chi connectivity index (χ3v) is 7.72. The molecule has 2 amide bonds. The van der Waals surface area contributed by atoms with Crippen molar-refractivity contribution in [3.63, 3.8) is 0 Å². The van der Waals surface area contributed by atoms with Gasteiger partial charge < -0.3 is 24.6 Å². The van der Waals surface area contributed by atoms with Gasteiger partial charge in [0, 0.05) is 25.6 Å². The molecule has 0 fully saturated rings. The van der Waals surface area contributed by atoms with Crippen LogP contribution in [0.25, 0.3) is 22.4 Å². The number of methoxy groups -OCH3 is 1. The predicted molar refractivity (Wildman–Crippen MR) is 154 cm³/mol. The number of anilines is 1. The molecule has 3 aromatic rings. The standard InChI is InChI=1S/C27H36N5O9P/c1-6-38-18(3)40-42(36,41-19(4)39-17(2)33)14-8-7-13-28-27(35)32-25-12-10-21-26(31-25)30-22(16-29-21)20-9-11-23(34)24(15-20)37-5/h9-12,15-16,18-19,34H,6-8,13-14H2,1-5H3,(H2,28,30,31,32,35). The summed E-state index contributed by atoms with van der Waals surface area (Å²) in [4.78, 5) is 36.9. The van der Waals surface area contributed by atoms with Gasteiger partial charge in [0.05, 0.1) is 25.2 Å². The summed E-state index contributed by atoms with van der Waals surface area (Å²) in [6.07, 6.45) is 0.611. The molecule has 3 atom stereocenters. The molecule has 0 radical (unpaired) electrons. The number of rotatable bonds is 15. The normalized spacial score (nSPS) is 14.0. The Hall–Kier alpha value is -3.84. The smallest absolute Gasteiger partial charge is 0.336 e. The molecule has 3 rings (SSSR count). The molecular formula is C27H36N5O9P. The second kappa shape index (κ2) is 15.4. The maximum atomic E-state index is 13.2. The summed E-state index contributed by atoms with van der Waals surface area (Å²) in [7, 11) is -2.21. The van der Waals surface area contributed by atoms with Crippen LogP contribution in [0.5, 0.6) is 11.5 Å². The molecule has 0 saturated heterocycles. The second-order valence-electron chi connectivity index (χ2n) is 9.01. The minimum absolute atomic E-state index is 0.00587. The van der Waals surface area contributed by atoms with Gasteiger partial charge in [0.25, 0.3) is 0 Å². The molecule has 0 aliphatic rings. The first-order valence-electron chi connectivity index (χ1n) is 13.3. The summed E-state index contributed by atoms with van der Waals surface area (Å²) in [5, 5.41) is 15.2. The van der Waals surface area contributed by atoms with Crippen LogP contribution in [0.4, 0.5) is 10.6 Å². The van der Waals surface area contributed by atoms with Crippen molar-refractivity contribution in [1.82, 2.24) is 20.3 Å². The van der Waals surface area contributed by atoms with Crippen LogP contribution in [-0.2, 0) is 27.9 Å². The maximum absolute atomic E-state index is 13.2. The van der Waals surface area contributed by atoms with Gasteiger partial charge in [-0.05, 0) is 63.9 Å². The van der Waals surface area contributed by atoms with Gasteiger partial charge in [0.15, 0.2) is 23.4 Å². The molecule has 228 valence electrons. The lowest BCUT2D eigenvalue weighted by molar-refractivity contribution is -0.160. The van der Waals surface area contributed by atoms with E-state index in [-0.39, 0.29) is 24.3 Å². The molecule has 0 aliphatic carbocycles. The highest BCUT2D eigenvalue weighted by atomic mass is 31.2. The topological polar surface area (TPSA) is 180 Å². The van der Waals surface area contributed by atoms with E-state index in [1.54, 1.807) is 44.3 Å². The van der Waals surface area contributed by atoms with Gasteiger partial charge in [-0.3, -0.25) is 28.7 Å². The predicted octanol–water partition coefficient (Wildman–Crippen LogP) is 4.83. The number of pyridine rings is 1. The Morgan fingerprint density at radius 1 is 1.07 bits per heavy atom. The van der Waals surface area contributed by atoms with Gasteiger partial charge in [0.1, 0.15) is 11.3 Å². The number of amides is 2. The van der Waals surface area contributed by atoms with E-state index in [0.717, 1.165) is 0 Å². The average molecular weight is 606 g/mol. The van der Waals surface area contributed by atoms with Crippen LogP contribution in [0.2, 0.25) is 0 Å². The van der Waals surface area contributed by atoms with Crippen LogP contribution in [0, 0.1) is 0 Å². The summed E-state index contributed by atoms with van der Waals surface area (Å²) in [6, 6.07) is 7.62. The fraction of sp³-hybridized carbons (Fsp3) is 0.444. The van der Waals surface area contributed by atoms with Crippen molar-refractivity contribution in [3.05, 3.63) is 36.5 Å². The number of hydrogen-bond donors (Lipinski definition) is 3. The number of hydrogen-bond acceptors (Lipinski definition) is 12. The van der Waals surface area contributed by atoms with E-state index in [2.05, 4.69) is 25.6 Å². The van der Waals surface area contributed by atoms with E-state index in [1.165, 1.54) is 27.0 Å². The fourth-order valence-corrected chi connectivity index (χ4v) is 5.72. The van der Waals surface area contributed by atoms with Gasteiger partial charge >= 0.3 is 19.6 Å². The van der Waals surface area contributed by atoms with E-state index in [1.807, 2.05) is 0 Å². The Kier molecular flexibility index (Phi) is 12.0. The Morgan fingerprint density at radius 2 is 1.83 bits per heavy atom. The molecule has 2 aromatic heterocycles. The molecule has 0 saturated carbocycles. The van der Waals surface area contributed by atoms with Crippen LogP contribution in [0.15, 0.2) is 36.5 Å². The Morgan fingerprint density at radius 3 is 2.55 bits per heavy atom. The lowest BCUT2D eigenvalue weighted by Gasteiger charge is -2.25. The molecule has 1 aromatic carbocycles. The lowest BCUT2D eigenvalue weighted by atomic mass is 10.1. The molecule has 0 bridgehead atoms. The van der Waals surface area contributed by atoms with Crippen molar-refractivity contribution in [1.29, 1.82) is 0 Å². The number of phenols is 1. The van der Waals surface area contributed by atoms with Crippen LogP contribution in [-0.4, -0.2) is 71.1 Å². The third-order valence-electron chi connectivity index (χ3n) is 5.62. The van der Waals surface area contributed by atoms with E-state index in [4.69, 9.17) is 23.3 Å². The average Bonchev–Trinajstić information content (AvgIpc) is 2.92. The molecule has 2 heterocycles. The van der Waals surface area contributed by atoms with Gasteiger partial charge in [-0.25, -0.2) is 14.8 Å². The van der Waals surface area contributed by atoms with Crippen molar-refractivity contribution < 1.29 is 42.5 Å². The van der Waals surface area contributed by atoms with Crippen LogP contribution < -0.4 is 15.4 Å². The van der Waals surface area contributed by atoms with Crippen LogP contribution >= 0.6 is 7.60 Å². The number of fused-ring (bicyclic) bond motifs is 1. The largest absolute Gasteiger partial charge is 0.504 e. The summed E-state index contributed by atoms with van der Waals surface area (Å²) >= 11 is 0. The zero-order valence-corrected chi connectivity index (χ0v) is 25.1. The molecule has 3 N–H and O–H groups in total. The first kappa shape index (κ1) is 32.7. The summed E-state index contributed by atoms with van der Waals surface area (Å²) < 4.78 is 39.6. The number of urea groups is 1. The highest BCUT2D eigenvalue weighted by molar-refractivity contribution is 7.53. The quantitative estimate of drug-likeness (QED) is 0.0931. The van der Waals surface area contributed by atoms with Crippen molar-refractivity contribution in [2.75, 3.05) is 31.7 Å². The highest BCUT2D eigenvalue weighted by Gasteiger charge is 2.30. The number of carbonyl (C=O) groups excluding carboxylic acids is 2. The minimum atomic E-state index is -3.67. The second-order valence-corrected chi connectivity index (χ2v) is 11.1. The van der Waals surface area contributed by atoms with E-state index < -0.39 is 32.2 Å². The van der Waals surface area contributed by atoms with Gasteiger partial charge in [-0.15, -0.1) is 0 Å². The molecule has 0 spiro atoms. The van der Waals surface area contributed by atoms with Crippen molar-refractivity contribution >= 4 is 36.6 Å². The molecule has 14 nitrogen and oxygen atoms in total. The van der Waals surface area contributed by atoms with Gasteiger partial charge in [0.2, 0.25) is 6.29 Å². The van der Waals surface area contributed by atoms with Crippen LogP contribution in [0.3, 0.4) is 0 Å². The number of phenolic OH excluding ortho intramolecular Hbond substituents is 1. The molecular weight excluding hydrogens is 569 g/mol. The highest BCUT2D eigenvalue weighted by Crippen LogP contribution is 2.51. The van der Waals surface area contributed by atoms with E-state index >= 15 is 0 Å². The monoisotopic (exact) mass is 605 g/mol. The number of nitrogens with zero attached hydrogens (tertiary/aromatic N) is 3. The Balaban J connectivity index is 1.54. The molecule has 42 heavy (non-hydrogen) atoms. The molecule has 15 heteroatoms. The number of aromatic hydroxyl groups is 1. The SMILES string of the molecule is CCOC(C)OP(=O)(CCCCNC(=O)Nc1ccc2ncc(-c3ccc(O)c(OC)c3)nc2n1)OC(C)OC(C)=O. The number of esters is 1. The number of benzene rings is 1. The van der Waals surface area contributed by atoms with Crippen molar-refractivity contribution in [2.45, 2.75) is 53.1 Å². The number of unbranched alkanes of at least 4 members (excludes halogenated alkanes) is 1. The first-order valence-corrected chi connectivity index (χ1v) is 15.1. The minimum Gasteiger partial charge on any atom is -0.504 e. The maximum Gasteiger partial charge on any atom is 0.336 e. The first-order chi connectivity index (χ1) is 20.0. The zero-order chi connectivity index (χ0) is 30.7. The van der Waals surface area contributed by atoms with Crippen molar-refractivity contribution in [3.8, 4) is 22.8 Å².